The minimum absolute atomic E-state index is 0.00794. The molecule has 0 bridgehead atoms. The van der Waals surface area contributed by atoms with Crippen LogP contribution in [0.3, 0.4) is 0 Å². The lowest BCUT2D eigenvalue weighted by Gasteiger charge is -2.11. The second kappa shape index (κ2) is 9.15. The highest BCUT2D eigenvalue weighted by Crippen LogP contribution is 2.37. The molecule has 3 N–H and O–H groups in total. The van der Waals surface area contributed by atoms with Crippen molar-refractivity contribution in [2.45, 2.75) is 37.5 Å². The van der Waals surface area contributed by atoms with Crippen molar-refractivity contribution in [3.63, 3.8) is 0 Å². The number of nitrogen functional groups attached to an aromatic ring is 1. The first-order chi connectivity index (χ1) is 17.2. The molecular weight excluding hydrogens is 489 g/mol. The molecule has 0 spiro atoms. The summed E-state index contributed by atoms with van der Waals surface area (Å²) in [6.07, 6.45) is 5.43. The number of anilines is 2. The van der Waals surface area contributed by atoms with E-state index in [1.165, 1.54) is 42.7 Å². The normalized spacial score (nSPS) is 14.4. The molecule has 0 amide bonds. The van der Waals surface area contributed by atoms with Crippen molar-refractivity contribution in [3.8, 4) is 11.3 Å². The number of rotatable bonds is 7. The summed E-state index contributed by atoms with van der Waals surface area (Å²) in [6, 6.07) is 9.62. The van der Waals surface area contributed by atoms with Gasteiger partial charge >= 0.3 is 0 Å². The molecule has 36 heavy (non-hydrogen) atoms. The van der Waals surface area contributed by atoms with E-state index in [0.29, 0.717) is 22.3 Å². The Morgan fingerprint density at radius 1 is 1.17 bits per heavy atom. The molecule has 1 aliphatic carbocycles. The molecule has 0 aliphatic heterocycles. The first kappa shape index (κ1) is 23.6. The number of nitrogens with zero attached hydrogens (tertiary/aromatic N) is 5. The molecule has 186 valence electrons. The Bertz CT molecular complexity index is 1580. The van der Waals surface area contributed by atoms with Gasteiger partial charge in [-0.2, -0.15) is 5.10 Å². The monoisotopic (exact) mass is 511 g/mol. The van der Waals surface area contributed by atoms with Crippen LogP contribution in [0.25, 0.3) is 22.3 Å². The number of hydrogen-bond acceptors (Lipinski definition) is 8. The maximum atomic E-state index is 15.1. The van der Waals surface area contributed by atoms with E-state index in [1.807, 2.05) is 4.68 Å². The summed E-state index contributed by atoms with van der Waals surface area (Å²) in [5.41, 5.74) is 6.86. The van der Waals surface area contributed by atoms with E-state index in [-0.39, 0.29) is 28.8 Å². The van der Waals surface area contributed by atoms with Crippen LogP contribution < -0.4 is 10.5 Å². The zero-order valence-corrected chi connectivity index (χ0v) is 19.8. The molecule has 13 heteroatoms. The number of hydrogen-bond donors (Lipinski definition) is 2. The average molecular weight is 512 g/mol. The lowest BCUT2D eigenvalue weighted by Crippen LogP contribution is -2.16. The second-order valence-electron chi connectivity index (χ2n) is 8.63. The van der Waals surface area contributed by atoms with E-state index in [0.717, 1.165) is 31.7 Å². The lowest BCUT2D eigenvalue weighted by molar-refractivity contribution is -0.385. The van der Waals surface area contributed by atoms with E-state index in [4.69, 9.17) is 10.8 Å². The quantitative estimate of drug-likeness (QED) is 0.276. The van der Waals surface area contributed by atoms with E-state index < -0.39 is 26.5 Å². The summed E-state index contributed by atoms with van der Waals surface area (Å²) in [7, 11) is -4.15. The Labute approximate surface area is 205 Å². The van der Waals surface area contributed by atoms with Crippen LogP contribution in [-0.4, -0.2) is 33.1 Å². The van der Waals surface area contributed by atoms with Gasteiger partial charge in [-0.15, -0.1) is 0 Å². The zero-order chi connectivity index (χ0) is 25.4. The number of nitro benzene ring substituents is 1. The van der Waals surface area contributed by atoms with Crippen LogP contribution in [0.15, 0.2) is 48.8 Å². The van der Waals surface area contributed by atoms with Gasteiger partial charge in [-0.1, -0.05) is 37.1 Å². The number of halogens is 1. The molecule has 4 aromatic rings. The molecule has 11 nitrogen and oxygen atoms in total. The fraction of sp³-hybridized carbons (Fsp3) is 0.261. The Morgan fingerprint density at radius 2 is 1.92 bits per heavy atom. The van der Waals surface area contributed by atoms with Crippen molar-refractivity contribution in [3.05, 3.63) is 70.3 Å². The fourth-order valence-electron chi connectivity index (χ4n) is 4.57. The predicted octanol–water partition coefficient (Wildman–Crippen LogP) is 4.18. The Balaban J connectivity index is 1.47. The molecule has 0 atom stereocenters. The second-order valence-corrected chi connectivity index (χ2v) is 10.4. The van der Waals surface area contributed by atoms with E-state index in [9.17, 15) is 18.5 Å². The number of fused-ring (bicyclic) bond motifs is 1. The third-order valence-electron chi connectivity index (χ3n) is 6.23. The van der Waals surface area contributed by atoms with Crippen LogP contribution in [-0.2, 0) is 15.8 Å². The number of aromatic nitrogens is 4. The minimum atomic E-state index is -4.15. The van der Waals surface area contributed by atoms with Crippen LogP contribution in [0.5, 0.6) is 0 Å². The molecule has 5 rings (SSSR count). The van der Waals surface area contributed by atoms with Crippen molar-refractivity contribution in [2.24, 2.45) is 0 Å². The summed E-state index contributed by atoms with van der Waals surface area (Å²) in [5.74, 6) is -1.30. The fourth-order valence-corrected chi connectivity index (χ4v) is 5.79. The van der Waals surface area contributed by atoms with Crippen molar-refractivity contribution in [1.82, 2.24) is 19.7 Å². The van der Waals surface area contributed by atoms with Crippen molar-refractivity contribution in [1.29, 1.82) is 0 Å². The standard InChI is InChI=1S/C23H22FN7O4S/c24-17-11-14(21-20-22(25)26-13-27-23(20)30(28-21)16-6-2-3-7-16)9-10-18(17)29-36(34,35)12-15-5-1-4-8-19(15)31(32)33/h1,4-5,8-11,13,16,29H,2-3,6-7,12H2,(H2,25,26,27). The molecule has 1 aliphatic rings. The third-order valence-corrected chi connectivity index (χ3v) is 7.45. The number of sulfonamides is 1. The largest absolute Gasteiger partial charge is 0.383 e. The summed E-state index contributed by atoms with van der Waals surface area (Å²) in [5, 5.41) is 16.4. The van der Waals surface area contributed by atoms with Crippen LogP contribution >= 0.6 is 0 Å². The SMILES string of the molecule is Nc1ncnc2c1c(-c1ccc(NS(=O)(=O)Cc3ccccc3[N+](=O)[O-])c(F)c1)nn2C1CCCC1. The topological polar surface area (TPSA) is 159 Å². The summed E-state index contributed by atoms with van der Waals surface area (Å²) in [6.45, 7) is 0. The van der Waals surface area contributed by atoms with Gasteiger partial charge in [0.2, 0.25) is 10.0 Å². The van der Waals surface area contributed by atoms with Gasteiger partial charge in [0.05, 0.1) is 22.0 Å². The van der Waals surface area contributed by atoms with Gasteiger partial charge in [0.25, 0.3) is 5.69 Å². The third kappa shape index (κ3) is 4.44. The van der Waals surface area contributed by atoms with Crippen molar-refractivity contribution < 1.29 is 17.7 Å². The van der Waals surface area contributed by atoms with Gasteiger partial charge in [-0.25, -0.2) is 27.5 Å². The predicted molar refractivity (Wildman–Crippen MR) is 132 cm³/mol. The van der Waals surface area contributed by atoms with Crippen LogP contribution in [0, 0.1) is 15.9 Å². The highest BCUT2D eigenvalue weighted by Gasteiger charge is 2.25. The zero-order valence-electron chi connectivity index (χ0n) is 19.0. The van der Waals surface area contributed by atoms with Gasteiger partial charge in [-0.3, -0.25) is 14.8 Å². The average Bonchev–Trinajstić information content (AvgIpc) is 3.49. The molecule has 2 aromatic heterocycles. The Hall–Kier alpha value is -4.13. The summed E-state index contributed by atoms with van der Waals surface area (Å²) < 4.78 is 44.4. The van der Waals surface area contributed by atoms with Crippen LogP contribution in [0.1, 0.15) is 37.3 Å². The van der Waals surface area contributed by atoms with E-state index >= 15 is 4.39 Å². The lowest BCUT2D eigenvalue weighted by atomic mass is 10.1. The smallest absolute Gasteiger partial charge is 0.273 e. The molecule has 2 heterocycles. The molecule has 0 saturated heterocycles. The van der Waals surface area contributed by atoms with Gasteiger partial charge < -0.3 is 5.73 Å². The maximum absolute atomic E-state index is 15.1. The summed E-state index contributed by atoms with van der Waals surface area (Å²) in [4.78, 5) is 19.0. The summed E-state index contributed by atoms with van der Waals surface area (Å²) >= 11 is 0. The molecule has 1 saturated carbocycles. The number of nitrogens with one attached hydrogen (secondary N) is 1. The number of benzene rings is 2. The first-order valence-corrected chi connectivity index (χ1v) is 12.9. The number of nitrogens with two attached hydrogens (primary N) is 1. The van der Waals surface area contributed by atoms with Gasteiger partial charge in [0.15, 0.2) is 5.65 Å². The molecular formula is C23H22FN7O4S. The van der Waals surface area contributed by atoms with Gasteiger partial charge in [-0.05, 0) is 25.0 Å². The maximum Gasteiger partial charge on any atom is 0.273 e. The Morgan fingerprint density at radius 3 is 2.64 bits per heavy atom. The van der Waals surface area contributed by atoms with Gasteiger partial charge in [0, 0.05) is 17.2 Å². The first-order valence-electron chi connectivity index (χ1n) is 11.2. The number of nitro groups is 1. The van der Waals surface area contributed by atoms with E-state index in [2.05, 4.69) is 14.7 Å². The van der Waals surface area contributed by atoms with Gasteiger partial charge in [0.1, 0.15) is 29.4 Å². The number of para-hydroxylation sites is 1. The molecule has 1 fully saturated rings. The van der Waals surface area contributed by atoms with E-state index in [1.54, 1.807) is 0 Å². The molecule has 0 radical (unpaired) electrons. The van der Waals surface area contributed by atoms with Crippen LogP contribution in [0.4, 0.5) is 21.6 Å². The van der Waals surface area contributed by atoms with Crippen molar-refractivity contribution in [2.75, 3.05) is 10.5 Å². The highest BCUT2D eigenvalue weighted by molar-refractivity contribution is 7.91. The molecule has 0 unspecified atom stereocenters. The van der Waals surface area contributed by atoms with Crippen LogP contribution in [0.2, 0.25) is 0 Å². The highest BCUT2D eigenvalue weighted by atomic mass is 32.2. The molecule has 2 aromatic carbocycles. The Kier molecular flexibility index (Phi) is 6.00. The minimum Gasteiger partial charge on any atom is -0.383 e. The van der Waals surface area contributed by atoms with Crippen molar-refractivity contribution >= 4 is 38.2 Å².